The minimum atomic E-state index is 0.541. The van der Waals surface area contributed by atoms with Gasteiger partial charge in [0.25, 0.3) is 0 Å². The molecule has 1 N–H and O–H groups in total. The lowest BCUT2D eigenvalue weighted by Crippen LogP contribution is -2.08. The molecule has 2 aromatic rings. The third-order valence-electron chi connectivity index (χ3n) is 2.09. The molecule has 2 heterocycles. The highest BCUT2D eigenvalue weighted by Crippen LogP contribution is 2.12. The molecule has 0 aromatic carbocycles. The van der Waals surface area contributed by atoms with E-state index < -0.39 is 0 Å². The van der Waals surface area contributed by atoms with E-state index in [0.29, 0.717) is 30.5 Å². The number of anilines is 1. The SMILES string of the molecule is COc1cc(NCCc2ncon2)nc(C)n1. The Morgan fingerprint density at radius 1 is 1.41 bits per heavy atom. The van der Waals surface area contributed by atoms with E-state index in [1.54, 1.807) is 13.2 Å². The minimum absolute atomic E-state index is 0.541. The van der Waals surface area contributed by atoms with Crippen LogP contribution in [0, 0.1) is 6.92 Å². The smallest absolute Gasteiger partial charge is 0.218 e. The van der Waals surface area contributed by atoms with Gasteiger partial charge in [-0.2, -0.15) is 9.97 Å². The van der Waals surface area contributed by atoms with Crippen molar-refractivity contribution in [2.45, 2.75) is 13.3 Å². The van der Waals surface area contributed by atoms with Gasteiger partial charge in [-0.3, -0.25) is 0 Å². The maximum absolute atomic E-state index is 5.06. The van der Waals surface area contributed by atoms with Crippen molar-refractivity contribution in [2.75, 3.05) is 19.0 Å². The summed E-state index contributed by atoms with van der Waals surface area (Å²) in [6.45, 7) is 2.48. The first-order valence-corrected chi connectivity index (χ1v) is 5.16. The lowest BCUT2D eigenvalue weighted by atomic mass is 10.4. The molecule has 0 bridgehead atoms. The van der Waals surface area contributed by atoms with E-state index in [1.807, 2.05) is 6.92 Å². The number of hydrogen-bond donors (Lipinski definition) is 1. The van der Waals surface area contributed by atoms with Gasteiger partial charge in [0.1, 0.15) is 11.6 Å². The summed E-state index contributed by atoms with van der Waals surface area (Å²) in [6, 6.07) is 1.74. The Labute approximate surface area is 98.2 Å². The summed E-state index contributed by atoms with van der Waals surface area (Å²) in [6.07, 6.45) is 1.98. The largest absolute Gasteiger partial charge is 0.481 e. The highest BCUT2D eigenvalue weighted by Gasteiger charge is 2.02. The van der Waals surface area contributed by atoms with Gasteiger partial charge in [0.2, 0.25) is 12.3 Å². The molecule has 17 heavy (non-hydrogen) atoms. The fourth-order valence-corrected chi connectivity index (χ4v) is 1.34. The zero-order chi connectivity index (χ0) is 12.1. The summed E-state index contributed by atoms with van der Waals surface area (Å²) in [5.74, 6) is 2.58. The van der Waals surface area contributed by atoms with Gasteiger partial charge < -0.3 is 14.6 Å². The van der Waals surface area contributed by atoms with Gasteiger partial charge >= 0.3 is 0 Å². The molecular formula is C10H13N5O2. The Morgan fingerprint density at radius 3 is 3.00 bits per heavy atom. The van der Waals surface area contributed by atoms with Crippen LogP contribution in [0.1, 0.15) is 11.6 Å². The van der Waals surface area contributed by atoms with E-state index in [-0.39, 0.29) is 0 Å². The van der Waals surface area contributed by atoms with Crippen LogP contribution in [-0.4, -0.2) is 33.8 Å². The average Bonchev–Trinajstić information content (AvgIpc) is 2.81. The third-order valence-corrected chi connectivity index (χ3v) is 2.09. The van der Waals surface area contributed by atoms with Crippen molar-refractivity contribution >= 4 is 5.82 Å². The quantitative estimate of drug-likeness (QED) is 0.821. The maximum Gasteiger partial charge on any atom is 0.218 e. The summed E-state index contributed by atoms with van der Waals surface area (Å²) < 4.78 is 9.70. The molecule has 0 aliphatic rings. The first-order valence-electron chi connectivity index (χ1n) is 5.16. The molecule has 0 amide bonds. The van der Waals surface area contributed by atoms with Crippen LogP contribution in [-0.2, 0) is 6.42 Å². The Morgan fingerprint density at radius 2 is 2.29 bits per heavy atom. The molecule has 7 nitrogen and oxygen atoms in total. The summed E-state index contributed by atoms with van der Waals surface area (Å²) in [7, 11) is 1.57. The number of nitrogens with one attached hydrogen (secondary N) is 1. The molecule has 0 spiro atoms. The molecular weight excluding hydrogens is 222 g/mol. The van der Waals surface area contributed by atoms with E-state index in [2.05, 4.69) is 29.9 Å². The van der Waals surface area contributed by atoms with Gasteiger partial charge in [-0.25, -0.2) is 4.98 Å². The van der Waals surface area contributed by atoms with Gasteiger partial charge in [0.05, 0.1) is 7.11 Å². The fraction of sp³-hybridized carbons (Fsp3) is 0.400. The normalized spacial score (nSPS) is 10.2. The molecule has 2 aromatic heterocycles. The second kappa shape index (κ2) is 5.24. The summed E-state index contributed by atoms with van der Waals surface area (Å²) in [5, 5.41) is 6.86. The van der Waals surface area contributed by atoms with Crippen molar-refractivity contribution in [2.24, 2.45) is 0 Å². The molecule has 90 valence electrons. The Bertz CT molecular complexity index is 472. The number of methoxy groups -OCH3 is 1. The fourth-order valence-electron chi connectivity index (χ4n) is 1.34. The van der Waals surface area contributed by atoms with Crippen LogP contribution in [0.25, 0.3) is 0 Å². The zero-order valence-corrected chi connectivity index (χ0v) is 9.67. The number of aromatic nitrogens is 4. The maximum atomic E-state index is 5.06. The Balaban J connectivity index is 1.92. The van der Waals surface area contributed by atoms with Crippen molar-refractivity contribution in [1.82, 2.24) is 20.1 Å². The van der Waals surface area contributed by atoms with E-state index in [4.69, 9.17) is 4.74 Å². The lowest BCUT2D eigenvalue weighted by Gasteiger charge is -2.06. The average molecular weight is 235 g/mol. The topological polar surface area (TPSA) is 86.0 Å². The molecule has 7 heteroatoms. The van der Waals surface area contributed by atoms with E-state index in [0.717, 1.165) is 5.82 Å². The van der Waals surface area contributed by atoms with Crippen LogP contribution in [0.3, 0.4) is 0 Å². The van der Waals surface area contributed by atoms with Crippen LogP contribution >= 0.6 is 0 Å². The van der Waals surface area contributed by atoms with Crippen LogP contribution in [0.5, 0.6) is 5.88 Å². The Hall–Kier alpha value is -2.18. The van der Waals surface area contributed by atoms with Gasteiger partial charge in [-0.1, -0.05) is 5.16 Å². The summed E-state index contributed by atoms with van der Waals surface area (Å²) in [5.41, 5.74) is 0. The van der Waals surface area contributed by atoms with Gasteiger partial charge in [-0.15, -0.1) is 0 Å². The number of rotatable bonds is 5. The van der Waals surface area contributed by atoms with Crippen LogP contribution < -0.4 is 10.1 Å². The van der Waals surface area contributed by atoms with Crippen LogP contribution in [0.2, 0.25) is 0 Å². The first-order chi connectivity index (χ1) is 8.28. The number of nitrogens with zero attached hydrogens (tertiary/aromatic N) is 4. The molecule has 0 saturated carbocycles. The number of aryl methyl sites for hydroxylation is 1. The van der Waals surface area contributed by atoms with Crippen LogP contribution in [0.15, 0.2) is 17.0 Å². The minimum Gasteiger partial charge on any atom is -0.481 e. The number of hydrogen-bond acceptors (Lipinski definition) is 7. The molecule has 0 unspecified atom stereocenters. The standard InChI is InChI=1S/C10H13N5O2/c1-7-13-9(5-10(14-7)16-2)11-4-3-8-12-6-17-15-8/h5-6H,3-4H2,1-2H3,(H,11,13,14). The number of ether oxygens (including phenoxy) is 1. The van der Waals surface area contributed by atoms with Gasteiger partial charge in [-0.05, 0) is 6.92 Å². The molecule has 0 saturated heterocycles. The molecule has 2 rings (SSSR count). The molecule has 0 radical (unpaired) electrons. The molecule has 0 atom stereocenters. The van der Waals surface area contributed by atoms with Gasteiger partial charge in [0, 0.05) is 19.0 Å². The highest BCUT2D eigenvalue weighted by atomic mass is 16.5. The molecule has 0 aliphatic carbocycles. The third kappa shape index (κ3) is 3.13. The predicted molar refractivity (Wildman–Crippen MR) is 59.8 cm³/mol. The lowest BCUT2D eigenvalue weighted by molar-refractivity contribution is 0.396. The Kier molecular flexibility index (Phi) is 3.49. The molecule has 0 aliphatic heterocycles. The van der Waals surface area contributed by atoms with Crippen molar-refractivity contribution in [3.8, 4) is 5.88 Å². The van der Waals surface area contributed by atoms with Crippen molar-refractivity contribution in [1.29, 1.82) is 0 Å². The highest BCUT2D eigenvalue weighted by molar-refractivity contribution is 5.38. The van der Waals surface area contributed by atoms with Gasteiger partial charge in [0.15, 0.2) is 5.82 Å². The first kappa shape index (κ1) is 11.3. The zero-order valence-electron chi connectivity index (χ0n) is 9.67. The monoisotopic (exact) mass is 235 g/mol. The molecule has 0 fully saturated rings. The van der Waals surface area contributed by atoms with E-state index in [9.17, 15) is 0 Å². The van der Waals surface area contributed by atoms with Crippen LogP contribution in [0.4, 0.5) is 5.82 Å². The summed E-state index contributed by atoms with van der Waals surface area (Å²) in [4.78, 5) is 12.3. The van der Waals surface area contributed by atoms with Crippen molar-refractivity contribution < 1.29 is 9.26 Å². The van der Waals surface area contributed by atoms with Crippen molar-refractivity contribution in [3.05, 3.63) is 24.1 Å². The second-order valence-corrected chi connectivity index (χ2v) is 3.37. The summed E-state index contributed by atoms with van der Waals surface area (Å²) >= 11 is 0. The van der Waals surface area contributed by atoms with E-state index in [1.165, 1.54) is 6.39 Å². The second-order valence-electron chi connectivity index (χ2n) is 3.37. The van der Waals surface area contributed by atoms with E-state index >= 15 is 0 Å². The predicted octanol–water partition coefficient (Wildman–Crippen LogP) is 0.831. The van der Waals surface area contributed by atoms with Crippen molar-refractivity contribution in [3.63, 3.8) is 0 Å².